The van der Waals surface area contributed by atoms with Crippen LogP contribution in [0.4, 0.5) is 5.69 Å². The number of anilines is 1. The lowest BCUT2D eigenvalue weighted by atomic mass is 10.2. The number of sulfonamides is 1. The molecule has 0 aliphatic carbocycles. The second kappa shape index (κ2) is 9.60. The van der Waals surface area contributed by atoms with Gasteiger partial charge in [-0.3, -0.25) is 4.79 Å². The lowest BCUT2D eigenvalue weighted by Gasteiger charge is -2.21. The summed E-state index contributed by atoms with van der Waals surface area (Å²) in [6.45, 7) is 3.85. The smallest absolute Gasteiger partial charge is 0.243 e. The zero-order chi connectivity index (χ0) is 21.6. The first-order chi connectivity index (χ1) is 14.4. The van der Waals surface area contributed by atoms with E-state index in [1.54, 1.807) is 36.4 Å². The minimum atomic E-state index is -3.95. The Hall–Kier alpha value is -3.10. The summed E-state index contributed by atoms with van der Waals surface area (Å²) in [5.74, 6) is 0.568. The van der Waals surface area contributed by atoms with Crippen LogP contribution in [0.1, 0.15) is 18.2 Å². The fourth-order valence-electron chi connectivity index (χ4n) is 2.82. The molecule has 1 N–H and O–H groups in total. The van der Waals surface area contributed by atoms with Crippen LogP contribution in [-0.4, -0.2) is 31.8 Å². The van der Waals surface area contributed by atoms with Crippen molar-refractivity contribution in [3.63, 3.8) is 0 Å². The molecule has 0 saturated heterocycles. The number of nitrogens with one attached hydrogen (secondary N) is 1. The average Bonchev–Trinajstić information content (AvgIpc) is 3.23. The van der Waals surface area contributed by atoms with Gasteiger partial charge in [0.25, 0.3) is 0 Å². The maximum Gasteiger partial charge on any atom is 0.243 e. The van der Waals surface area contributed by atoms with Gasteiger partial charge in [-0.05, 0) is 62.4 Å². The van der Waals surface area contributed by atoms with Gasteiger partial charge >= 0.3 is 0 Å². The predicted octanol–water partition coefficient (Wildman–Crippen LogP) is 3.82. The summed E-state index contributed by atoms with van der Waals surface area (Å²) in [5.41, 5.74) is 1.66. The van der Waals surface area contributed by atoms with Crippen molar-refractivity contribution in [3.8, 4) is 5.75 Å². The monoisotopic (exact) mass is 428 g/mol. The second-order valence-electron chi connectivity index (χ2n) is 6.67. The molecule has 0 saturated carbocycles. The zero-order valence-corrected chi connectivity index (χ0v) is 17.7. The number of benzene rings is 2. The van der Waals surface area contributed by atoms with Gasteiger partial charge in [0.2, 0.25) is 15.9 Å². The fraction of sp³-hybridized carbons (Fsp3) is 0.227. The van der Waals surface area contributed by atoms with Crippen LogP contribution in [0, 0.1) is 6.92 Å². The highest BCUT2D eigenvalue weighted by atomic mass is 32.2. The Balaban J connectivity index is 1.81. The van der Waals surface area contributed by atoms with Crippen molar-refractivity contribution in [2.45, 2.75) is 25.3 Å². The van der Waals surface area contributed by atoms with Crippen molar-refractivity contribution < 1.29 is 22.4 Å². The second-order valence-corrected chi connectivity index (χ2v) is 8.61. The number of hydrogen-bond acceptors (Lipinski definition) is 5. The van der Waals surface area contributed by atoms with E-state index in [1.807, 2.05) is 26.0 Å². The van der Waals surface area contributed by atoms with E-state index in [2.05, 4.69) is 5.32 Å². The van der Waals surface area contributed by atoms with Crippen molar-refractivity contribution in [1.29, 1.82) is 0 Å². The van der Waals surface area contributed by atoms with Crippen molar-refractivity contribution in [3.05, 3.63) is 78.3 Å². The minimum absolute atomic E-state index is 0.0656. The summed E-state index contributed by atoms with van der Waals surface area (Å²) in [6, 6.07) is 16.7. The van der Waals surface area contributed by atoms with Crippen molar-refractivity contribution in [1.82, 2.24) is 4.31 Å². The molecule has 7 nitrogen and oxygen atoms in total. The van der Waals surface area contributed by atoms with Crippen LogP contribution in [-0.2, 0) is 21.4 Å². The third-order valence-electron chi connectivity index (χ3n) is 4.34. The predicted molar refractivity (Wildman–Crippen MR) is 114 cm³/mol. The molecule has 30 heavy (non-hydrogen) atoms. The highest BCUT2D eigenvalue weighted by molar-refractivity contribution is 7.89. The first-order valence-corrected chi connectivity index (χ1v) is 10.9. The molecule has 0 radical (unpaired) electrons. The number of ether oxygens (including phenoxy) is 1. The molecule has 0 atom stereocenters. The summed E-state index contributed by atoms with van der Waals surface area (Å²) in [4.78, 5) is 12.7. The van der Waals surface area contributed by atoms with E-state index in [9.17, 15) is 13.2 Å². The van der Waals surface area contributed by atoms with Crippen LogP contribution >= 0.6 is 0 Å². The van der Waals surface area contributed by atoms with E-state index in [0.29, 0.717) is 23.8 Å². The molecule has 1 aromatic heterocycles. The topological polar surface area (TPSA) is 88.9 Å². The standard InChI is InChI=1S/C22H24N2O5S/c1-3-28-19-10-12-21(13-11-19)30(26,27)24(15-20-5-4-14-29-20)16-22(25)23-18-8-6-17(2)7-9-18/h4-14H,3,15-16H2,1-2H3,(H,23,25). The van der Waals surface area contributed by atoms with E-state index in [0.717, 1.165) is 9.87 Å². The molecule has 0 spiro atoms. The number of rotatable bonds is 9. The summed E-state index contributed by atoms with van der Waals surface area (Å²) < 4.78 is 38.2. The molecular formula is C22H24N2O5S. The first-order valence-electron chi connectivity index (χ1n) is 9.50. The van der Waals surface area contributed by atoms with Gasteiger partial charge in [0.05, 0.1) is 30.9 Å². The molecule has 158 valence electrons. The van der Waals surface area contributed by atoms with Gasteiger partial charge in [0.1, 0.15) is 11.5 Å². The number of furan rings is 1. The highest BCUT2D eigenvalue weighted by Crippen LogP contribution is 2.22. The quantitative estimate of drug-likeness (QED) is 0.560. The maximum atomic E-state index is 13.2. The van der Waals surface area contributed by atoms with Gasteiger partial charge < -0.3 is 14.5 Å². The first kappa shape index (κ1) is 21.6. The molecule has 3 aromatic rings. The normalized spacial score (nSPS) is 11.4. The molecule has 8 heteroatoms. The van der Waals surface area contributed by atoms with Gasteiger partial charge in [0, 0.05) is 5.69 Å². The molecule has 3 rings (SSSR count). The Morgan fingerprint density at radius 3 is 2.37 bits per heavy atom. The Kier molecular flexibility index (Phi) is 6.91. The molecule has 1 heterocycles. The van der Waals surface area contributed by atoms with Crippen molar-refractivity contribution in [2.24, 2.45) is 0 Å². The Bertz CT molecular complexity index is 1060. The molecular weight excluding hydrogens is 404 g/mol. The number of carbonyl (C=O) groups is 1. The van der Waals surface area contributed by atoms with E-state index >= 15 is 0 Å². The molecule has 0 bridgehead atoms. The number of aryl methyl sites for hydroxylation is 1. The summed E-state index contributed by atoms with van der Waals surface area (Å²) >= 11 is 0. The van der Waals surface area contributed by atoms with Crippen LogP contribution in [0.3, 0.4) is 0 Å². The van der Waals surface area contributed by atoms with Crippen LogP contribution in [0.15, 0.2) is 76.2 Å². The summed E-state index contributed by atoms with van der Waals surface area (Å²) in [7, 11) is -3.95. The van der Waals surface area contributed by atoms with E-state index in [4.69, 9.17) is 9.15 Å². The van der Waals surface area contributed by atoms with Gasteiger partial charge in [0.15, 0.2) is 0 Å². The van der Waals surface area contributed by atoms with Crippen molar-refractivity contribution >= 4 is 21.6 Å². The molecule has 0 unspecified atom stereocenters. The van der Waals surface area contributed by atoms with Crippen LogP contribution in [0.2, 0.25) is 0 Å². The molecule has 0 fully saturated rings. The Morgan fingerprint density at radius 1 is 1.07 bits per heavy atom. The van der Waals surface area contributed by atoms with Gasteiger partial charge in [-0.25, -0.2) is 8.42 Å². The van der Waals surface area contributed by atoms with Crippen LogP contribution in [0.5, 0.6) is 5.75 Å². The van der Waals surface area contributed by atoms with Crippen molar-refractivity contribution in [2.75, 3.05) is 18.5 Å². The number of carbonyl (C=O) groups excluding carboxylic acids is 1. The fourth-order valence-corrected chi connectivity index (χ4v) is 4.19. The summed E-state index contributed by atoms with van der Waals surface area (Å²) in [6.07, 6.45) is 1.46. The minimum Gasteiger partial charge on any atom is -0.494 e. The molecule has 1 amide bonds. The van der Waals surface area contributed by atoms with Gasteiger partial charge in [-0.2, -0.15) is 4.31 Å². The highest BCUT2D eigenvalue weighted by Gasteiger charge is 2.28. The van der Waals surface area contributed by atoms with E-state index in [-0.39, 0.29) is 18.0 Å². The number of hydrogen-bond donors (Lipinski definition) is 1. The van der Waals surface area contributed by atoms with E-state index in [1.165, 1.54) is 18.4 Å². The third kappa shape index (κ3) is 5.49. The zero-order valence-electron chi connectivity index (χ0n) is 16.9. The SMILES string of the molecule is CCOc1ccc(S(=O)(=O)N(CC(=O)Nc2ccc(C)cc2)Cc2ccco2)cc1. The number of nitrogens with zero attached hydrogens (tertiary/aromatic N) is 1. The molecule has 0 aliphatic rings. The summed E-state index contributed by atoms with van der Waals surface area (Å²) in [5, 5.41) is 2.73. The van der Waals surface area contributed by atoms with Crippen LogP contribution in [0.25, 0.3) is 0 Å². The lowest BCUT2D eigenvalue weighted by Crippen LogP contribution is -2.37. The average molecular weight is 429 g/mol. The third-order valence-corrected chi connectivity index (χ3v) is 6.15. The van der Waals surface area contributed by atoms with E-state index < -0.39 is 15.9 Å². The maximum absolute atomic E-state index is 13.2. The molecule has 2 aromatic carbocycles. The Labute approximate surface area is 176 Å². The number of amides is 1. The van der Waals surface area contributed by atoms with Gasteiger partial charge in [-0.1, -0.05) is 17.7 Å². The lowest BCUT2D eigenvalue weighted by molar-refractivity contribution is -0.116. The molecule has 0 aliphatic heterocycles. The largest absolute Gasteiger partial charge is 0.494 e. The Morgan fingerprint density at radius 2 is 1.77 bits per heavy atom. The van der Waals surface area contributed by atoms with Gasteiger partial charge in [-0.15, -0.1) is 0 Å². The van der Waals surface area contributed by atoms with Crippen LogP contribution < -0.4 is 10.1 Å².